The van der Waals surface area contributed by atoms with Crippen LogP contribution < -0.4 is 5.19 Å². The van der Waals surface area contributed by atoms with E-state index in [2.05, 4.69) is 69.3 Å². The summed E-state index contributed by atoms with van der Waals surface area (Å²) >= 11 is 0. The summed E-state index contributed by atoms with van der Waals surface area (Å²) in [4.78, 5) is 0. The van der Waals surface area contributed by atoms with E-state index in [0.29, 0.717) is 9.13 Å². The Morgan fingerprint density at radius 2 is 1.33 bits per heavy atom. The lowest BCUT2D eigenvalue weighted by atomic mass is 10.0. The molecule has 0 aliphatic carbocycles. The van der Waals surface area contributed by atoms with E-state index in [-0.39, 0.29) is 0 Å². The van der Waals surface area contributed by atoms with Crippen LogP contribution in [0.5, 0.6) is 0 Å². The fraction of sp³-hybridized carbons (Fsp3) is 0.235. The van der Waals surface area contributed by atoms with Crippen molar-refractivity contribution in [3.8, 4) is 0 Å². The highest BCUT2D eigenvalue weighted by atomic mass is 28.2. The lowest BCUT2D eigenvalue weighted by Gasteiger charge is -2.03. The summed E-state index contributed by atoms with van der Waals surface area (Å²) in [7, 11) is 0.344. The Kier molecular flexibility index (Phi) is 4.27. The van der Waals surface area contributed by atoms with Gasteiger partial charge in [0.25, 0.3) is 0 Å². The summed E-state index contributed by atoms with van der Waals surface area (Å²) in [5, 5.41) is 3.03. The minimum atomic E-state index is 0.344. The standard InChI is InChI=1S/C17H20Si/c1-13(2)18-17-10-8-16(9-11-17)12-15-6-4-14(3)5-7-15/h4-11,18H,12H2,1-3H3. The van der Waals surface area contributed by atoms with Gasteiger partial charge in [0.15, 0.2) is 0 Å². The molecule has 0 aromatic heterocycles. The van der Waals surface area contributed by atoms with E-state index in [1.54, 1.807) is 5.17 Å². The van der Waals surface area contributed by atoms with Gasteiger partial charge in [-0.05, 0) is 43.5 Å². The molecule has 2 rings (SSSR count). The van der Waals surface area contributed by atoms with Gasteiger partial charge in [-0.2, -0.15) is 0 Å². The molecule has 0 atom stereocenters. The van der Waals surface area contributed by atoms with Crippen molar-refractivity contribution in [1.82, 2.24) is 0 Å². The van der Waals surface area contributed by atoms with Gasteiger partial charge in [-0.25, -0.2) is 0 Å². The van der Waals surface area contributed by atoms with Gasteiger partial charge in [-0.15, -0.1) is 0 Å². The van der Waals surface area contributed by atoms with E-state index in [1.165, 1.54) is 21.9 Å². The number of hydrogen-bond acceptors (Lipinski definition) is 0. The van der Waals surface area contributed by atoms with E-state index < -0.39 is 0 Å². The maximum absolute atomic E-state index is 2.28. The average molecular weight is 252 g/mol. The molecule has 0 bridgehead atoms. The molecule has 0 fully saturated rings. The minimum absolute atomic E-state index is 0.344. The second-order valence-corrected chi connectivity index (χ2v) is 7.24. The second kappa shape index (κ2) is 5.92. The molecule has 2 aromatic rings. The number of rotatable bonds is 3. The second-order valence-electron chi connectivity index (χ2n) is 5.13. The van der Waals surface area contributed by atoms with E-state index in [0.717, 1.165) is 6.42 Å². The van der Waals surface area contributed by atoms with Crippen molar-refractivity contribution < 1.29 is 0 Å². The lowest BCUT2D eigenvalue weighted by Crippen LogP contribution is -2.11. The third kappa shape index (κ3) is 3.78. The molecule has 0 heterocycles. The normalized spacial score (nSPS) is 10.2. The molecule has 0 saturated carbocycles. The number of hydrogen-bond donors (Lipinski definition) is 0. The van der Waals surface area contributed by atoms with Gasteiger partial charge in [-0.3, -0.25) is 0 Å². The van der Waals surface area contributed by atoms with Gasteiger partial charge in [-0.1, -0.05) is 59.3 Å². The quantitative estimate of drug-likeness (QED) is 0.737. The van der Waals surface area contributed by atoms with Crippen LogP contribution in [0.3, 0.4) is 0 Å². The molecule has 0 aliphatic heterocycles. The van der Waals surface area contributed by atoms with Gasteiger partial charge in [0.1, 0.15) is 0 Å². The summed E-state index contributed by atoms with van der Waals surface area (Å²) in [6, 6.07) is 17.9. The average Bonchev–Trinajstić information content (AvgIpc) is 2.34. The van der Waals surface area contributed by atoms with Crippen molar-refractivity contribution in [2.45, 2.75) is 27.2 Å². The van der Waals surface area contributed by atoms with Crippen LogP contribution in [-0.4, -0.2) is 14.3 Å². The van der Waals surface area contributed by atoms with E-state index in [9.17, 15) is 0 Å². The smallest absolute Gasteiger partial charge is 0.0279 e. The van der Waals surface area contributed by atoms with Crippen LogP contribution in [0.2, 0.25) is 0 Å². The zero-order valence-electron chi connectivity index (χ0n) is 11.4. The molecule has 0 unspecified atom stereocenters. The molecule has 2 aromatic carbocycles. The monoisotopic (exact) mass is 252 g/mol. The van der Waals surface area contributed by atoms with Gasteiger partial charge in [0, 0.05) is 9.13 Å². The minimum Gasteiger partial charge on any atom is -0.0939 e. The molecular formula is C17H20Si. The van der Waals surface area contributed by atoms with Crippen molar-refractivity contribution in [3.05, 3.63) is 65.2 Å². The molecule has 0 radical (unpaired) electrons. The van der Waals surface area contributed by atoms with Crippen LogP contribution in [0.4, 0.5) is 0 Å². The molecular weight excluding hydrogens is 232 g/mol. The van der Waals surface area contributed by atoms with Crippen molar-refractivity contribution in [3.63, 3.8) is 0 Å². The summed E-state index contributed by atoms with van der Waals surface area (Å²) in [5.74, 6) is 0. The topological polar surface area (TPSA) is 0 Å². The zero-order chi connectivity index (χ0) is 13.0. The summed E-state index contributed by atoms with van der Waals surface area (Å²) in [6.07, 6.45) is 1.03. The van der Waals surface area contributed by atoms with Crippen LogP contribution in [0, 0.1) is 6.92 Å². The van der Waals surface area contributed by atoms with Crippen molar-refractivity contribution >= 4 is 19.5 Å². The van der Waals surface area contributed by atoms with E-state index in [4.69, 9.17) is 0 Å². The van der Waals surface area contributed by atoms with E-state index in [1.807, 2.05) is 0 Å². The molecule has 0 aliphatic rings. The van der Waals surface area contributed by atoms with Crippen LogP contribution in [0.25, 0.3) is 0 Å². The van der Waals surface area contributed by atoms with Crippen LogP contribution in [0.15, 0.2) is 48.5 Å². The maximum Gasteiger partial charge on any atom is 0.0279 e. The Bertz CT molecular complexity index is 529. The van der Waals surface area contributed by atoms with Crippen molar-refractivity contribution in [2.75, 3.05) is 0 Å². The molecule has 1 heteroatoms. The Balaban J connectivity index is 2.11. The predicted molar refractivity (Wildman–Crippen MR) is 83.6 cm³/mol. The lowest BCUT2D eigenvalue weighted by molar-refractivity contribution is 1.19. The van der Waals surface area contributed by atoms with Gasteiger partial charge >= 0.3 is 0 Å². The Hall–Kier alpha value is -1.47. The first kappa shape index (κ1) is 13.0. The number of aryl methyl sites for hydroxylation is 1. The summed E-state index contributed by atoms with van der Waals surface area (Å²) in [5.41, 5.74) is 4.11. The van der Waals surface area contributed by atoms with Gasteiger partial charge in [0.2, 0.25) is 0 Å². The predicted octanol–water partition coefficient (Wildman–Crippen LogP) is 2.86. The first-order valence-corrected chi connectivity index (χ1v) is 7.58. The molecule has 0 amide bonds. The third-order valence-electron chi connectivity index (χ3n) is 2.96. The molecule has 0 spiro atoms. The number of benzene rings is 2. The fourth-order valence-corrected chi connectivity index (χ4v) is 3.06. The van der Waals surface area contributed by atoms with Crippen molar-refractivity contribution in [1.29, 1.82) is 0 Å². The molecule has 0 nitrogen and oxygen atoms in total. The summed E-state index contributed by atoms with van der Waals surface area (Å²) in [6.45, 7) is 6.57. The van der Waals surface area contributed by atoms with Crippen molar-refractivity contribution in [2.24, 2.45) is 0 Å². The van der Waals surface area contributed by atoms with Crippen LogP contribution in [-0.2, 0) is 6.42 Å². The Morgan fingerprint density at radius 1 is 0.833 bits per heavy atom. The highest BCUT2D eigenvalue weighted by Crippen LogP contribution is 2.09. The Labute approximate surface area is 112 Å². The van der Waals surface area contributed by atoms with Crippen LogP contribution >= 0.6 is 0 Å². The first-order chi connectivity index (χ1) is 8.63. The SMILES string of the molecule is CC(C)=[SiH]c1ccc(Cc2ccc(C)cc2)cc1. The molecule has 0 N–H and O–H groups in total. The highest BCUT2D eigenvalue weighted by molar-refractivity contribution is 6.65. The first-order valence-electron chi connectivity index (χ1n) is 6.43. The summed E-state index contributed by atoms with van der Waals surface area (Å²) < 4.78 is 0. The Morgan fingerprint density at radius 3 is 1.83 bits per heavy atom. The van der Waals surface area contributed by atoms with Gasteiger partial charge < -0.3 is 0 Å². The third-order valence-corrected chi connectivity index (χ3v) is 4.26. The van der Waals surface area contributed by atoms with Gasteiger partial charge in [0.05, 0.1) is 0 Å². The molecule has 0 saturated heterocycles. The van der Waals surface area contributed by atoms with E-state index >= 15 is 0 Å². The highest BCUT2D eigenvalue weighted by Gasteiger charge is 1.96. The maximum atomic E-state index is 2.28. The molecule has 18 heavy (non-hydrogen) atoms. The zero-order valence-corrected chi connectivity index (χ0v) is 12.6. The largest absolute Gasteiger partial charge is 0.0939 e. The fourth-order valence-electron chi connectivity index (χ4n) is 2.01. The molecule has 92 valence electrons. The van der Waals surface area contributed by atoms with Crippen LogP contribution in [0.1, 0.15) is 30.5 Å².